The van der Waals surface area contributed by atoms with Gasteiger partial charge in [-0.25, -0.2) is 4.98 Å². The summed E-state index contributed by atoms with van der Waals surface area (Å²) in [5.74, 6) is 0.930. The van der Waals surface area contributed by atoms with Gasteiger partial charge in [-0.3, -0.25) is 9.78 Å². The summed E-state index contributed by atoms with van der Waals surface area (Å²) in [6.45, 7) is 0. The van der Waals surface area contributed by atoms with E-state index in [1.165, 1.54) is 6.42 Å². The van der Waals surface area contributed by atoms with Crippen LogP contribution in [-0.2, 0) is 18.2 Å². The molecule has 0 spiro atoms. The van der Waals surface area contributed by atoms with Gasteiger partial charge >= 0.3 is 0 Å². The van der Waals surface area contributed by atoms with Gasteiger partial charge in [0.2, 0.25) is 4.77 Å². The molecule has 1 saturated carbocycles. The van der Waals surface area contributed by atoms with Crippen LogP contribution in [0.15, 0.2) is 0 Å². The summed E-state index contributed by atoms with van der Waals surface area (Å²) in [5, 5.41) is 3.12. The highest BCUT2D eigenvalue weighted by atomic mass is 32.1. The number of aromatic nitrogens is 3. The van der Waals surface area contributed by atoms with Gasteiger partial charge in [0.05, 0.1) is 5.60 Å². The van der Waals surface area contributed by atoms with Crippen LogP contribution in [0.3, 0.4) is 0 Å². The van der Waals surface area contributed by atoms with Crippen molar-refractivity contribution in [1.29, 1.82) is 0 Å². The lowest BCUT2D eigenvalue weighted by Crippen LogP contribution is -2.41. The molecule has 0 aromatic carbocycles. The van der Waals surface area contributed by atoms with Crippen LogP contribution in [0.2, 0.25) is 0 Å². The SMILES string of the molecule is COC1(Cc2nc(=S)n(C)[nH]2)CCC1. The Morgan fingerprint density at radius 2 is 2.36 bits per heavy atom. The Kier molecular flexibility index (Phi) is 2.45. The molecule has 1 aliphatic rings. The molecule has 78 valence electrons. The third-order valence-corrected chi connectivity index (χ3v) is 3.37. The van der Waals surface area contributed by atoms with Gasteiger partial charge in [-0.15, -0.1) is 0 Å². The molecule has 1 N–H and O–H groups in total. The molecule has 1 fully saturated rings. The number of H-pyrrole nitrogens is 1. The lowest BCUT2D eigenvalue weighted by Gasteiger charge is -2.39. The smallest absolute Gasteiger partial charge is 0.215 e. The first kappa shape index (κ1) is 9.86. The van der Waals surface area contributed by atoms with Gasteiger partial charge in [0.25, 0.3) is 0 Å². The second-order valence-electron chi connectivity index (χ2n) is 3.93. The molecule has 2 rings (SSSR count). The maximum absolute atomic E-state index is 5.52. The first-order valence-electron chi connectivity index (χ1n) is 4.82. The van der Waals surface area contributed by atoms with E-state index in [0.29, 0.717) is 4.77 Å². The minimum absolute atomic E-state index is 0.0205. The summed E-state index contributed by atoms with van der Waals surface area (Å²) in [6.07, 6.45) is 4.34. The molecule has 14 heavy (non-hydrogen) atoms. The van der Waals surface area contributed by atoms with E-state index in [4.69, 9.17) is 17.0 Å². The first-order valence-corrected chi connectivity index (χ1v) is 5.23. The van der Waals surface area contributed by atoms with Crippen LogP contribution < -0.4 is 0 Å². The van der Waals surface area contributed by atoms with E-state index >= 15 is 0 Å². The van der Waals surface area contributed by atoms with Crippen LogP contribution in [0.5, 0.6) is 0 Å². The number of aromatic amines is 1. The predicted molar refractivity (Wildman–Crippen MR) is 55.7 cm³/mol. The molecule has 1 aliphatic carbocycles. The highest BCUT2D eigenvalue weighted by molar-refractivity contribution is 7.71. The van der Waals surface area contributed by atoms with Gasteiger partial charge in [-0.1, -0.05) is 0 Å². The molecule has 0 amide bonds. The van der Waals surface area contributed by atoms with Crippen LogP contribution >= 0.6 is 12.2 Å². The van der Waals surface area contributed by atoms with Gasteiger partial charge in [0.15, 0.2) is 0 Å². The number of hydrogen-bond acceptors (Lipinski definition) is 3. The normalized spacial score (nSPS) is 19.3. The lowest BCUT2D eigenvalue weighted by atomic mass is 9.77. The predicted octanol–water partition coefficient (Wildman–Crippen LogP) is 1.59. The zero-order chi connectivity index (χ0) is 10.2. The molecule has 0 radical (unpaired) electrons. The maximum atomic E-state index is 5.52. The topological polar surface area (TPSA) is 42.8 Å². The van der Waals surface area contributed by atoms with Crippen molar-refractivity contribution in [3.8, 4) is 0 Å². The van der Waals surface area contributed by atoms with Crippen molar-refractivity contribution in [3.05, 3.63) is 10.6 Å². The van der Waals surface area contributed by atoms with Crippen LogP contribution in [0, 0.1) is 4.77 Å². The maximum Gasteiger partial charge on any atom is 0.215 e. The Morgan fingerprint density at radius 3 is 2.71 bits per heavy atom. The van der Waals surface area contributed by atoms with Crippen molar-refractivity contribution >= 4 is 12.2 Å². The number of ether oxygens (including phenoxy) is 1. The fourth-order valence-corrected chi connectivity index (χ4v) is 2.02. The number of nitrogens with zero attached hydrogens (tertiary/aromatic N) is 2. The molecule has 1 heterocycles. The zero-order valence-corrected chi connectivity index (χ0v) is 9.36. The zero-order valence-electron chi connectivity index (χ0n) is 8.54. The molecule has 5 heteroatoms. The van der Waals surface area contributed by atoms with Gasteiger partial charge in [0, 0.05) is 20.6 Å². The molecular formula is C9H15N3OS. The molecule has 1 aromatic heterocycles. The van der Waals surface area contributed by atoms with Crippen LogP contribution in [-0.4, -0.2) is 27.5 Å². The highest BCUT2D eigenvalue weighted by Crippen LogP contribution is 2.37. The average Bonchev–Trinajstić information content (AvgIpc) is 2.39. The monoisotopic (exact) mass is 213 g/mol. The van der Waals surface area contributed by atoms with Gasteiger partial charge in [-0.05, 0) is 31.5 Å². The molecule has 0 aliphatic heterocycles. The number of hydrogen-bond donors (Lipinski definition) is 1. The number of methoxy groups -OCH3 is 1. The van der Waals surface area contributed by atoms with Crippen molar-refractivity contribution in [2.24, 2.45) is 7.05 Å². The number of aryl methyl sites for hydroxylation is 1. The Hall–Kier alpha value is -0.680. The molecule has 1 aromatic rings. The highest BCUT2D eigenvalue weighted by Gasteiger charge is 2.37. The summed E-state index contributed by atoms with van der Waals surface area (Å²) < 4.78 is 7.88. The van der Waals surface area contributed by atoms with Crippen molar-refractivity contribution in [2.45, 2.75) is 31.3 Å². The van der Waals surface area contributed by atoms with Crippen molar-refractivity contribution in [3.63, 3.8) is 0 Å². The lowest BCUT2D eigenvalue weighted by molar-refractivity contribution is -0.0721. The largest absolute Gasteiger partial charge is 0.378 e. The van der Waals surface area contributed by atoms with E-state index in [1.807, 2.05) is 7.05 Å². The Bertz CT molecular complexity index is 372. The molecular weight excluding hydrogens is 198 g/mol. The number of rotatable bonds is 3. The van der Waals surface area contributed by atoms with Gasteiger partial charge < -0.3 is 4.74 Å². The van der Waals surface area contributed by atoms with E-state index < -0.39 is 0 Å². The van der Waals surface area contributed by atoms with E-state index in [9.17, 15) is 0 Å². The van der Waals surface area contributed by atoms with Crippen molar-refractivity contribution < 1.29 is 4.74 Å². The fourth-order valence-electron chi connectivity index (χ4n) is 1.87. The summed E-state index contributed by atoms with van der Waals surface area (Å²) >= 11 is 5.03. The molecule has 4 nitrogen and oxygen atoms in total. The Morgan fingerprint density at radius 1 is 1.64 bits per heavy atom. The third-order valence-electron chi connectivity index (χ3n) is 3.00. The van der Waals surface area contributed by atoms with E-state index in [2.05, 4.69) is 10.1 Å². The minimum atomic E-state index is 0.0205. The van der Waals surface area contributed by atoms with Crippen LogP contribution in [0.4, 0.5) is 0 Å². The third kappa shape index (κ3) is 1.62. The van der Waals surface area contributed by atoms with Gasteiger partial charge in [-0.2, -0.15) is 0 Å². The van der Waals surface area contributed by atoms with E-state index in [0.717, 1.165) is 25.1 Å². The average molecular weight is 213 g/mol. The molecule has 0 atom stereocenters. The summed E-state index contributed by atoms with van der Waals surface area (Å²) in [6, 6.07) is 0. The standard InChI is InChI=1S/C9H15N3OS/c1-12-8(14)10-7(11-12)6-9(13-2)4-3-5-9/h3-6H2,1-2H3,(H,10,11,14). The van der Waals surface area contributed by atoms with Crippen molar-refractivity contribution in [1.82, 2.24) is 14.8 Å². The van der Waals surface area contributed by atoms with Crippen LogP contribution in [0.1, 0.15) is 25.1 Å². The number of nitrogens with one attached hydrogen (secondary N) is 1. The second kappa shape index (κ2) is 3.47. The summed E-state index contributed by atoms with van der Waals surface area (Å²) in [5.41, 5.74) is 0.0205. The first-order chi connectivity index (χ1) is 6.65. The molecule has 0 saturated heterocycles. The molecule has 0 bridgehead atoms. The Balaban J connectivity index is 2.13. The molecule has 0 unspecified atom stereocenters. The Labute approximate surface area is 88.3 Å². The minimum Gasteiger partial charge on any atom is -0.378 e. The fraction of sp³-hybridized carbons (Fsp3) is 0.778. The summed E-state index contributed by atoms with van der Waals surface area (Å²) in [4.78, 5) is 4.27. The van der Waals surface area contributed by atoms with Crippen LogP contribution in [0.25, 0.3) is 0 Å². The summed E-state index contributed by atoms with van der Waals surface area (Å²) in [7, 11) is 3.65. The van der Waals surface area contributed by atoms with E-state index in [1.54, 1.807) is 11.8 Å². The van der Waals surface area contributed by atoms with Gasteiger partial charge in [0.1, 0.15) is 5.82 Å². The second-order valence-corrected chi connectivity index (χ2v) is 4.29. The quantitative estimate of drug-likeness (QED) is 0.775. The van der Waals surface area contributed by atoms with Crippen molar-refractivity contribution in [2.75, 3.05) is 7.11 Å². The van der Waals surface area contributed by atoms with E-state index in [-0.39, 0.29) is 5.60 Å².